The second kappa shape index (κ2) is 8.58. The molecule has 2 rings (SSSR count). The zero-order valence-electron chi connectivity index (χ0n) is 16.4. The number of amides is 2. The van der Waals surface area contributed by atoms with Gasteiger partial charge in [-0.15, -0.1) is 0 Å². The molecule has 0 radical (unpaired) electrons. The highest BCUT2D eigenvalue weighted by atomic mass is 16.5. The first-order valence-electron chi connectivity index (χ1n) is 8.79. The van der Waals surface area contributed by atoms with Crippen LogP contribution in [0.1, 0.15) is 48.4 Å². The maximum Gasteiger partial charge on any atom is 0.255 e. The number of nitrogens with one attached hydrogen (secondary N) is 2. The van der Waals surface area contributed by atoms with Gasteiger partial charge < -0.3 is 20.1 Å². The van der Waals surface area contributed by atoms with Crippen LogP contribution in [-0.2, 0) is 0 Å². The molecule has 27 heavy (non-hydrogen) atoms. The Morgan fingerprint density at radius 1 is 1.00 bits per heavy atom. The molecule has 0 aliphatic rings. The fourth-order valence-corrected chi connectivity index (χ4v) is 2.48. The minimum absolute atomic E-state index is 0.248. The van der Waals surface area contributed by atoms with Crippen LogP contribution in [0.4, 0.5) is 5.69 Å². The van der Waals surface area contributed by atoms with Crippen molar-refractivity contribution in [2.45, 2.75) is 33.2 Å². The number of ether oxygens (including phenoxy) is 2. The van der Waals surface area contributed by atoms with E-state index in [2.05, 4.69) is 10.6 Å². The number of carbonyl (C=O) groups is 2. The van der Waals surface area contributed by atoms with Crippen LogP contribution in [0.3, 0.4) is 0 Å². The van der Waals surface area contributed by atoms with Crippen LogP contribution in [0.15, 0.2) is 42.5 Å². The van der Waals surface area contributed by atoms with Crippen LogP contribution < -0.4 is 20.1 Å². The third kappa shape index (κ3) is 5.48. The van der Waals surface area contributed by atoms with E-state index in [4.69, 9.17) is 9.47 Å². The van der Waals surface area contributed by atoms with E-state index in [9.17, 15) is 9.59 Å². The molecule has 6 heteroatoms. The van der Waals surface area contributed by atoms with Gasteiger partial charge >= 0.3 is 0 Å². The predicted molar refractivity (Wildman–Crippen MR) is 106 cm³/mol. The molecule has 0 atom stereocenters. The molecule has 6 nitrogen and oxygen atoms in total. The molecule has 0 aliphatic heterocycles. The number of rotatable bonds is 6. The molecular formula is C21H26N2O4. The highest BCUT2D eigenvalue weighted by Gasteiger charge is 2.19. The Morgan fingerprint density at radius 3 is 2.33 bits per heavy atom. The molecule has 0 saturated heterocycles. The average molecular weight is 370 g/mol. The van der Waals surface area contributed by atoms with E-state index < -0.39 is 0 Å². The lowest BCUT2D eigenvalue weighted by Gasteiger charge is -2.21. The average Bonchev–Trinajstić information content (AvgIpc) is 2.61. The molecule has 0 aromatic heterocycles. The van der Waals surface area contributed by atoms with Crippen LogP contribution >= 0.6 is 0 Å². The van der Waals surface area contributed by atoms with Gasteiger partial charge in [0.25, 0.3) is 11.8 Å². The summed E-state index contributed by atoms with van der Waals surface area (Å²) in [5.41, 5.74) is 0.869. The van der Waals surface area contributed by atoms with Crippen LogP contribution in [0, 0.1) is 0 Å². The van der Waals surface area contributed by atoms with Gasteiger partial charge in [0.15, 0.2) is 11.5 Å². The summed E-state index contributed by atoms with van der Waals surface area (Å²) in [6.07, 6.45) is 0. The van der Waals surface area contributed by atoms with Crippen molar-refractivity contribution in [2.24, 2.45) is 0 Å². The van der Waals surface area contributed by atoms with Crippen LogP contribution in [-0.4, -0.2) is 31.1 Å². The van der Waals surface area contributed by atoms with Crippen molar-refractivity contribution in [2.75, 3.05) is 19.0 Å². The molecule has 2 N–H and O–H groups in total. The largest absolute Gasteiger partial charge is 0.493 e. The van der Waals surface area contributed by atoms with Crippen molar-refractivity contribution in [3.05, 3.63) is 53.6 Å². The number of para-hydroxylation sites is 1. The molecule has 0 heterocycles. The maximum absolute atomic E-state index is 12.7. The van der Waals surface area contributed by atoms with Gasteiger partial charge in [-0.05, 0) is 58.0 Å². The fraction of sp³-hybridized carbons (Fsp3) is 0.333. The SMILES string of the molecule is CCOc1ccc(C(=O)Nc2ccccc2C(=O)NC(C)(C)C)cc1OC. The van der Waals surface area contributed by atoms with E-state index in [0.717, 1.165) is 0 Å². The second-order valence-corrected chi connectivity index (χ2v) is 7.00. The summed E-state index contributed by atoms with van der Waals surface area (Å²) < 4.78 is 10.8. The Morgan fingerprint density at radius 2 is 1.70 bits per heavy atom. The number of methoxy groups -OCH3 is 1. The van der Waals surface area contributed by atoms with E-state index in [0.29, 0.717) is 34.9 Å². The summed E-state index contributed by atoms with van der Waals surface area (Å²) in [4.78, 5) is 25.2. The molecule has 0 aliphatic carbocycles. The van der Waals surface area contributed by atoms with Crippen molar-refractivity contribution in [3.8, 4) is 11.5 Å². The number of benzene rings is 2. The number of carbonyl (C=O) groups excluding carboxylic acids is 2. The van der Waals surface area contributed by atoms with Crippen LogP contribution in [0.5, 0.6) is 11.5 Å². The van der Waals surface area contributed by atoms with Crippen LogP contribution in [0.25, 0.3) is 0 Å². The van der Waals surface area contributed by atoms with Crippen molar-refractivity contribution >= 4 is 17.5 Å². The fourth-order valence-electron chi connectivity index (χ4n) is 2.48. The Labute approximate surface area is 159 Å². The monoisotopic (exact) mass is 370 g/mol. The van der Waals surface area contributed by atoms with E-state index in [-0.39, 0.29) is 17.4 Å². The Kier molecular flexibility index (Phi) is 6.45. The van der Waals surface area contributed by atoms with Gasteiger partial charge in [0.1, 0.15) is 0 Å². The first-order valence-corrected chi connectivity index (χ1v) is 8.79. The summed E-state index contributed by atoms with van der Waals surface area (Å²) in [5.74, 6) is 0.458. The van der Waals surface area contributed by atoms with Gasteiger partial charge in [0.05, 0.1) is 25.0 Å². The predicted octanol–water partition coefficient (Wildman–Crippen LogP) is 3.87. The normalized spacial score (nSPS) is 10.9. The number of hydrogen-bond acceptors (Lipinski definition) is 4. The molecule has 0 spiro atoms. The summed E-state index contributed by atoms with van der Waals surface area (Å²) in [6.45, 7) is 8.08. The highest BCUT2D eigenvalue weighted by Crippen LogP contribution is 2.28. The minimum Gasteiger partial charge on any atom is -0.493 e. The van der Waals surface area contributed by atoms with Crippen molar-refractivity contribution in [1.82, 2.24) is 5.32 Å². The zero-order chi connectivity index (χ0) is 20.0. The molecule has 0 unspecified atom stereocenters. The lowest BCUT2D eigenvalue weighted by Crippen LogP contribution is -2.40. The molecule has 0 saturated carbocycles. The van der Waals surface area contributed by atoms with E-state index >= 15 is 0 Å². The second-order valence-electron chi connectivity index (χ2n) is 7.00. The lowest BCUT2D eigenvalue weighted by molar-refractivity contribution is 0.0920. The van der Waals surface area contributed by atoms with Crippen molar-refractivity contribution in [1.29, 1.82) is 0 Å². The first-order chi connectivity index (χ1) is 12.7. The molecule has 0 bridgehead atoms. The van der Waals surface area contributed by atoms with Gasteiger partial charge in [-0.3, -0.25) is 9.59 Å². The van der Waals surface area contributed by atoms with E-state index in [1.807, 2.05) is 27.7 Å². The number of hydrogen-bond donors (Lipinski definition) is 2. The standard InChI is InChI=1S/C21H26N2O4/c1-6-27-17-12-11-14(13-18(17)26-5)19(24)22-16-10-8-7-9-15(16)20(25)23-21(2,3)4/h7-13H,6H2,1-5H3,(H,22,24)(H,23,25). The van der Waals surface area contributed by atoms with E-state index in [1.165, 1.54) is 7.11 Å². The third-order valence-electron chi connectivity index (χ3n) is 3.63. The quantitative estimate of drug-likeness (QED) is 0.809. The van der Waals surface area contributed by atoms with Gasteiger partial charge in [-0.25, -0.2) is 0 Å². The van der Waals surface area contributed by atoms with Gasteiger partial charge in [-0.2, -0.15) is 0 Å². The lowest BCUT2D eigenvalue weighted by atomic mass is 10.1. The summed E-state index contributed by atoms with van der Waals surface area (Å²) >= 11 is 0. The van der Waals surface area contributed by atoms with Crippen LogP contribution in [0.2, 0.25) is 0 Å². The number of anilines is 1. The summed E-state index contributed by atoms with van der Waals surface area (Å²) in [6, 6.07) is 11.8. The Balaban J connectivity index is 2.25. The van der Waals surface area contributed by atoms with Crippen molar-refractivity contribution in [3.63, 3.8) is 0 Å². The van der Waals surface area contributed by atoms with Gasteiger partial charge in [0, 0.05) is 11.1 Å². The minimum atomic E-state index is -0.378. The molecule has 2 aromatic carbocycles. The van der Waals surface area contributed by atoms with Gasteiger partial charge in [0.2, 0.25) is 0 Å². The summed E-state index contributed by atoms with van der Waals surface area (Å²) in [5, 5.41) is 5.70. The Bertz CT molecular complexity index is 825. The Hall–Kier alpha value is -3.02. The van der Waals surface area contributed by atoms with Crippen molar-refractivity contribution < 1.29 is 19.1 Å². The molecule has 2 aromatic rings. The molecule has 0 fully saturated rings. The van der Waals surface area contributed by atoms with E-state index in [1.54, 1.807) is 42.5 Å². The maximum atomic E-state index is 12.7. The molecule has 144 valence electrons. The smallest absolute Gasteiger partial charge is 0.255 e. The summed E-state index contributed by atoms with van der Waals surface area (Å²) in [7, 11) is 1.52. The van der Waals surface area contributed by atoms with Gasteiger partial charge in [-0.1, -0.05) is 12.1 Å². The highest BCUT2D eigenvalue weighted by molar-refractivity contribution is 6.09. The first kappa shape index (κ1) is 20.3. The molecular weight excluding hydrogens is 344 g/mol. The topological polar surface area (TPSA) is 76.7 Å². The third-order valence-corrected chi connectivity index (χ3v) is 3.63. The molecule has 2 amide bonds. The zero-order valence-corrected chi connectivity index (χ0v) is 16.4.